The van der Waals surface area contributed by atoms with Crippen LogP contribution in [0.2, 0.25) is 0 Å². The summed E-state index contributed by atoms with van der Waals surface area (Å²) in [5, 5.41) is 0. The van der Waals surface area contributed by atoms with E-state index in [2.05, 4.69) is 59.3 Å². The number of aromatic nitrogens is 2. The lowest BCUT2D eigenvalue weighted by molar-refractivity contribution is 0.573. The Labute approximate surface area is 137 Å². The Hall–Kier alpha value is -2.42. The van der Waals surface area contributed by atoms with Gasteiger partial charge in [-0.2, -0.15) is 0 Å². The fourth-order valence-electron chi connectivity index (χ4n) is 3.28. The van der Waals surface area contributed by atoms with Gasteiger partial charge < -0.3 is 4.90 Å². The Bertz CT molecular complexity index is 835. The van der Waals surface area contributed by atoms with Gasteiger partial charge >= 0.3 is 0 Å². The van der Waals surface area contributed by atoms with Crippen molar-refractivity contribution in [3.63, 3.8) is 0 Å². The molecule has 1 aliphatic heterocycles. The van der Waals surface area contributed by atoms with Crippen LogP contribution in [-0.2, 0) is 0 Å². The predicted molar refractivity (Wildman–Crippen MR) is 95.8 cm³/mol. The van der Waals surface area contributed by atoms with Gasteiger partial charge in [-0.25, -0.2) is 4.98 Å². The lowest BCUT2D eigenvalue weighted by atomic mass is 10.0. The Balaban J connectivity index is 1.74. The van der Waals surface area contributed by atoms with Crippen molar-refractivity contribution in [1.29, 1.82) is 0 Å². The molecule has 0 saturated carbocycles. The van der Waals surface area contributed by atoms with Gasteiger partial charge in [0.15, 0.2) is 0 Å². The molecule has 116 valence electrons. The van der Waals surface area contributed by atoms with E-state index in [0.717, 1.165) is 29.9 Å². The molecule has 1 saturated heterocycles. The summed E-state index contributed by atoms with van der Waals surface area (Å²) in [5.41, 5.74) is 5.65. The third kappa shape index (κ3) is 2.91. The van der Waals surface area contributed by atoms with Crippen molar-refractivity contribution < 1.29 is 0 Å². The lowest BCUT2D eigenvalue weighted by Crippen LogP contribution is -2.30. The Morgan fingerprint density at radius 3 is 2.52 bits per heavy atom. The lowest BCUT2D eigenvalue weighted by Gasteiger charge is -2.27. The summed E-state index contributed by atoms with van der Waals surface area (Å²) in [6.45, 7) is 4.31. The highest BCUT2D eigenvalue weighted by atomic mass is 15.2. The SMILES string of the molecule is Cc1cccc(-c2ccc3ncc(N4CCCCC4)nc3c2)c1. The van der Waals surface area contributed by atoms with Crippen molar-refractivity contribution in [2.75, 3.05) is 18.0 Å². The summed E-state index contributed by atoms with van der Waals surface area (Å²) >= 11 is 0. The van der Waals surface area contributed by atoms with Gasteiger partial charge in [-0.3, -0.25) is 4.98 Å². The average Bonchev–Trinajstić information content (AvgIpc) is 2.61. The monoisotopic (exact) mass is 303 g/mol. The fourth-order valence-corrected chi connectivity index (χ4v) is 3.28. The maximum atomic E-state index is 4.87. The average molecular weight is 303 g/mol. The van der Waals surface area contributed by atoms with Crippen LogP contribution in [0, 0.1) is 6.92 Å². The molecule has 0 amide bonds. The van der Waals surface area contributed by atoms with Crippen LogP contribution in [0.25, 0.3) is 22.2 Å². The number of fused-ring (bicyclic) bond motifs is 1. The molecule has 0 bridgehead atoms. The normalized spacial score (nSPS) is 15.1. The van der Waals surface area contributed by atoms with Crippen LogP contribution in [-0.4, -0.2) is 23.1 Å². The zero-order valence-corrected chi connectivity index (χ0v) is 13.5. The number of piperidine rings is 1. The molecule has 0 atom stereocenters. The quantitative estimate of drug-likeness (QED) is 0.693. The topological polar surface area (TPSA) is 29.0 Å². The van der Waals surface area contributed by atoms with E-state index in [1.807, 2.05) is 6.20 Å². The van der Waals surface area contributed by atoms with Crippen LogP contribution in [0.15, 0.2) is 48.7 Å². The first-order chi connectivity index (χ1) is 11.3. The Morgan fingerprint density at radius 2 is 1.70 bits per heavy atom. The van der Waals surface area contributed by atoms with E-state index in [1.165, 1.54) is 36.0 Å². The molecule has 3 nitrogen and oxygen atoms in total. The van der Waals surface area contributed by atoms with E-state index in [1.54, 1.807) is 0 Å². The van der Waals surface area contributed by atoms with Crippen LogP contribution >= 0.6 is 0 Å². The van der Waals surface area contributed by atoms with Gasteiger partial charge in [0.1, 0.15) is 5.82 Å². The summed E-state index contributed by atoms with van der Waals surface area (Å²) < 4.78 is 0. The van der Waals surface area contributed by atoms with Gasteiger partial charge in [-0.15, -0.1) is 0 Å². The molecule has 0 spiro atoms. The molecule has 3 aromatic rings. The van der Waals surface area contributed by atoms with Crippen molar-refractivity contribution in [3.8, 4) is 11.1 Å². The minimum Gasteiger partial charge on any atom is -0.355 e. The molecule has 0 N–H and O–H groups in total. The molecule has 23 heavy (non-hydrogen) atoms. The molecule has 2 heterocycles. The van der Waals surface area contributed by atoms with Crippen LogP contribution < -0.4 is 4.90 Å². The first-order valence-corrected chi connectivity index (χ1v) is 8.38. The molecule has 4 rings (SSSR count). The van der Waals surface area contributed by atoms with Gasteiger partial charge in [0.05, 0.1) is 17.2 Å². The minimum atomic E-state index is 0.960. The van der Waals surface area contributed by atoms with Crippen LogP contribution in [0.1, 0.15) is 24.8 Å². The summed E-state index contributed by atoms with van der Waals surface area (Å²) in [4.78, 5) is 11.8. The Kier molecular flexibility index (Phi) is 3.70. The number of benzene rings is 2. The van der Waals surface area contributed by atoms with Crippen LogP contribution in [0.3, 0.4) is 0 Å². The third-order valence-electron chi connectivity index (χ3n) is 4.56. The highest BCUT2D eigenvalue weighted by Gasteiger charge is 2.13. The minimum absolute atomic E-state index is 0.960. The second-order valence-electron chi connectivity index (χ2n) is 6.35. The number of hydrogen-bond acceptors (Lipinski definition) is 3. The fraction of sp³-hybridized carbons (Fsp3) is 0.300. The van der Waals surface area contributed by atoms with E-state index in [4.69, 9.17) is 4.98 Å². The summed E-state index contributed by atoms with van der Waals surface area (Å²) in [7, 11) is 0. The van der Waals surface area contributed by atoms with Crippen molar-refractivity contribution in [3.05, 3.63) is 54.2 Å². The maximum absolute atomic E-state index is 4.87. The largest absolute Gasteiger partial charge is 0.355 e. The van der Waals surface area contributed by atoms with Gasteiger partial charge in [-0.1, -0.05) is 35.9 Å². The number of aryl methyl sites for hydroxylation is 1. The van der Waals surface area contributed by atoms with Crippen molar-refractivity contribution in [1.82, 2.24) is 9.97 Å². The summed E-state index contributed by atoms with van der Waals surface area (Å²) in [6, 6.07) is 14.9. The van der Waals surface area contributed by atoms with Gasteiger partial charge in [-0.05, 0) is 49.4 Å². The smallest absolute Gasteiger partial charge is 0.147 e. The number of rotatable bonds is 2. The molecular weight excluding hydrogens is 282 g/mol. The molecule has 2 aromatic carbocycles. The van der Waals surface area contributed by atoms with Crippen LogP contribution in [0.4, 0.5) is 5.82 Å². The molecule has 0 unspecified atom stereocenters. The molecule has 0 aliphatic carbocycles. The van der Waals surface area contributed by atoms with E-state index >= 15 is 0 Å². The molecule has 1 fully saturated rings. The van der Waals surface area contributed by atoms with Gasteiger partial charge in [0.2, 0.25) is 0 Å². The highest BCUT2D eigenvalue weighted by Crippen LogP contribution is 2.25. The van der Waals surface area contributed by atoms with E-state index in [0.29, 0.717) is 0 Å². The summed E-state index contributed by atoms with van der Waals surface area (Å²) in [5.74, 6) is 1.01. The Morgan fingerprint density at radius 1 is 0.870 bits per heavy atom. The molecule has 1 aromatic heterocycles. The molecule has 0 radical (unpaired) electrons. The second kappa shape index (κ2) is 5.99. The van der Waals surface area contributed by atoms with Crippen molar-refractivity contribution in [2.45, 2.75) is 26.2 Å². The first kappa shape index (κ1) is 14.2. The summed E-state index contributed by atoms with van der Waals surface area (Å²) in [6.07, 6.45) is 5.75. The maximum Gasteiger partial charge on any atom is 0.147 e. The van der Waals surface area contributed by atoms with Crippen molar-refractivity contribution in [2.24, 2.45) is 0 Å². The molecular formula is C20H21N3. The standard InChI is InChI=1S/C20H21N3/c1-15-6-5-7-16(12-15)17-8-9-18-19(13-17)22-20(14-21-18)23-10-3-2-4-11-23/h5-9,12-14H,2-4,10-11H2,1H3. The predicted octanol–water partition coefficient (Wildman–Crippen LogP) is 4.60. The van der Waals surface area contributed by atoms with E-state index in [-0.39, 0.29) is 0 Å². The number of nitrogens with zero attached hydrogens (tertiary/aromatic N) is 3. The highest BCUT2D eigenvalue weighted by molar-refractivity contribution is 5.82. The molecule has 3 heteroatoms. The zero-order chi connectivity index (χ0) is 15.6. The van der Waals surface area contributed by atoms with Gasteiger partial charge in [0.25, 0.3) is 0 Å². The molecule has 1 aliphatic rings. The van der Waals surface area contributed by atoms with Crippen LogP contribution in [0.5, 0.6) is 0 Å². The van der Waals surface area contributed by atoms with Crippen molar-refractivity contribution >= 4 is 16.9 Å². The number of anilines is 1. The van der Waals surface area contributed by atoms with E-state index in [9.17, 15) is 0 Å². The number of hydrogen-bond donors (Lipinski definition) is 0. The first-order valence-electron chi connectivity index (χ1n) is 8.38. The zero-order valence-electron chi connectivity index (χ0n) is 13.5. The third-order valence-corrected chi connectivity index (χ3v) is 4.56. The van der Waals surface area contributed by atoms with Gasteiger partial charge in [0, 0.05) is 13.1 Å². The van der Waals surface area contributed by atoms with E-state index < -0.39 is 0 Å². The second-order valence-corrected chi connectivity index (χ2v) is 6.35.